The number of nitrogens with one attached hydrogen (secondary N) is 1. The van der Waals surface area contributed by atoms with E-state index in [1.165, 1.54) is 18.2 Å². The Balaban J connectivity index is 2.13. The van der Waals surface area contributed by atoms with Crippen LogP contribution in [0.3, 0.4) is 0 Å². The van der Waals surface area contributed by atoms with Gasteiger partial charge >= 0.3 is 6.18 Å². The lowest BCUT2D eigenvalue weighted by molar-refractivity contribution is -0.264. The van der Waals surface area contributed by atoms with Crippen molar-refractivity contribution < 1.29 is 23.1 Å². The van der Waals surface area contributed by atoms with Crippen LogP contribution in [0.1, 0.15) is 12.0 Å². The van der Waals surface area contributed by atoms with Crippen molar-refractivity contribution in [1.29, 1.82) is 0 Å². The highest BCUT2D eigenvalue weighted by Gasteiger charge is 2.58. The number of carbonyl (C=O) groups excluding carboxylic acids is 1. The molecule has 1 aliphatic carbocycles. The van der Waals surface area contributed by atoms with E-state index in [1.54, 1.807) is 0 Å². The summed E-state index contributed by atoms with van der Waals surface area (Å²) in [6.45, 7) is -1.00. The summed E-state index contributed by atoms with van der Waals surface area (Å²) in [5, 5.41) is 12.1. The van der Waals surface area contributed by atoms with Gasteiger partial charge in [0.25, 0.3) is 0 Å². The molecular formula is C13H12Cl2F3NO2. The number of halogens is 5. The Morgan fingerprint density at radius 1 is 1.33 bits per heavy atom. The third-order valence-electron chi connectivity index (χ3n) is 3.38. The summed E-state index contributed by atoms with van der Waals surface area (Å²) in [4.78, 5) is 11.7. The maximum absolute atomic E-state index is 13.2. The van der Waals surface area contributed by atoms with E-state index in [0.717, 1.165) is 12.1 Å². The van der Waals surface area contributed by atoms with Crippen LogP contribution >= 0.6 is 23.2 Å². The number of hydrogen-bond acceptors (Lipinski definition) is 2. The van der Waals surface area contributed by atoms with Crippen molar-refractivity contribution in [3.8, 4) is 0 Å². The SMILES string of the molecule is O=C(NC[C@](O)(c1ccccc1)C(F)(F)F)[C@H]1CC1(Cl)Cl. The zero-order valence-electron chi connectivity index (χ0n) is 10.6. The number of hydrogen-bond donors (Lipinski definition) is 2. The van der Waals surface area contributed by atoms with Gasteiger partial charge in [-0.05, 0) is 12.0 Å². The summed E-state index contributed by atoms with van der Waals surface area (Å²) in [6, 6.07) is 6.56. The fourth-order valence-electron chi connectivity index (χ4n) is 1.92. The molecule has 0 bridgehead atoms. The van der Waals surface area contributed by atoms with E-state index < -0.39 is 34.5 Å². The van der Waals surface area contributed by atoms with Crippen molar-refractivity contribution in [2.45, 2.75) is 22.5 Å². The lowest BCUT2D eigenvalue weighted by Crippen LogP contribution is -2.51. The summed E-state index contributed by atoms with van der Waals surface area (Å²) >= 11 is 11.4. The molecule has 0 heterocycles. The molecule has 0 radical (unpaired) electrons. The first-order valence-corrected chi connectivity index (χ1v) is 6.84. The molecule has 0 aliphatic heterocycles. The van der Waals surface area contributed by atoms with Crippen molar-refractivity contribution in [1.82, 2.24) is 5.32 Å². The van der Waals surface area contributed by atoms with Crippen LogP contribution in [-0.4, -0.2) is 28.1 Å². The molecule has 0 saturated heterocycles. The van der Waals surface area contributed by atoms with Gasteiger partial charge in [0.05, 0.1) is 12.5 Å². The molecule has 21 heavy (non-hydrogen) atoms. The monoisotopic (exact) mass is 341 g/mol. The number of carbonyl (C=O) groups is 1. The number of rotatable bonds is 4. The van der Waals surface area contributed by atoms with Gasteiger partial charge in [-0.15, -0.1) is 23.2 Å². The fraction of sp³-hybridized carbons (Fsp3) is 0.462. The fourth-order valence-corrected chi connectivity index (χ4v) is 2.42. The standard InChI is InChI=1S/C13H12Cl2F3NO2/c14-12(15)6-9(12)10(20)19-7-11(21,13(16,17)18)8-4-2-1-3-5-8/h1-5,9,21H,6-7H2,(H,19,20)/t9-,11+/m1/s1. The summed E-state index contributed by atoms with van der Waals surface area (Å²) in [6.07, 6.45) is -4.76. The summed E-state index contributed by atoms with van der Waals surface area (Å²) < 4.78 is 38.2. The molecule has 1 aromatic carbocycles. The minimum atomic E-state index is -4.94. The van der Waals surface area contributed by atoms with Crippen molar-refractivity contribution in [3.63, 3.8) is 0 Å². The smallest absolute Gasteiger partial charge is 0.375 e. The van der Waals surface area contributed by atoms with Gasteiger partial charge in [-0.2, -0.15) is 13.2 Å². The molecule has 1 saturated carbocycles. The lowest BCUT2D eigenvalue weighted by atomic mass is 9.93. The van der Waals surface area contributed by atoms with Crippen LogP contribution in [0.4, 0.5) is 13.2 Å². The maximum Gasteiger partial charge on any atom is 0.423 e. The summed E-state index contributed by atoms with van der Waals surface area (Å²) in [5.41, 5.74) is -3.52. The Morgan fingerprint density at radius 2 is 1.86 bits per heavy atom. The van der Waals surface area contributed by atoms with Gasteiger partial charge in [-0.3, -0.25) is 4.79 Å². The third-order valence-corrected chi connectivity index (χ3v) is 4.22. The zero-order valence-corrected chi connectivity index (χ0v) is 12.1. The van der Waals surface area contributed by atoms with Crippen LogP contribution in [0.2, 0.25) is 0 Å². The molecule has 2 N–H and O–H groups in total. The molecule has 116 valence electrons. The number of aliphatic hydroxyl groups is 1. The van der Waals surface area contributed by atoms with Crippen LogP contribution in [-0.2, 0) is 10.4 Å². The first-order chi connectivity index (χ1) is 9.58. The van der Waals surface area contributed by atoms with Crippen molar-refractivity contribution in [2.24, 2.45) is 5.92 Å². The number of amides is 1. The molecule has 0 aromatic heterocycles. The second-order valence-electron chi connectivity index (χ2n) is 4.96. The molecule has 2 atom stereocenters. The van der Waals surface area contributed by atoms with Gasteiger partial charge in [-0.25, -0.2) is 0 Å². The van der Waals surface area contributed by atoms with Crippen LogP contribution in [0.15, 0.2) is 30.3 Å². The van der Waals surface area contributed by atoms with Gasteiger partial charge in [0.15, 0.2) is 0 Å². The average molecular weight is 342 g/mol. The topological polar surface area (TPSA) is 49.3 Å². The van der Waals surface area contributed by atoms with Gasteiger partial charge in [0.1, 0.15) is 4.33 Å². The third kappa shape index (κ3) is 3.27. The highest BCUT2D eigenvalue weighted by molar-refractivity contribution is 6.52. The van der Waals surface area contributed by atoms with Crippen LogP contribution in [0.25, 0.3) is 0 Å². The van der Waals surface area contributed by atoms with E-state index in [9.17, 15) is 23.1 Å². The van der Waals surface area contributed by atoms with E-state index in [0.29, 0.717) is 0 Å². The predicted octanol–water partition coefficient (Wildman–Crippen LogP) is 2.75. The Morgan fingerprint density at radius 3 is 2.29 bits per heavy atom. The van der Waals surface area contributed by atoms with Gasteiger partial charge in [-0.1, -0.05) is 30.3 Å². The molecule has 0 spiro atoms. The average Bonchev–Trinajstić information content (AvgIpc) is 3.04. The Labute approximate surface area is 129 Å². The molecule has 2 rings (SSSR count). The maximum atomic E-state index is 13.2. The second kappa shape index (κ2) is 5.34. The van der Waals surface area contributed by atoms with E-state index in [4.69, 9.17) is 23.2 Å². The first-order valence-electron chi connectivity index (χ1n) is 6.08. The summed E-state index contributed by atoms with van der Waals surface area (Å²) in [5.74, 6) is -1.47. The van der Waals surface area contributed by atoms with Crippen molar-refractivity contribution >= 4 is 29.1 Å². The molecule has 1 amide bonds. The van der Waals surface area contributed by atoms with E-state index >= 15 is 0 Å². The minimum Gasteiger partial charge on any atom is -0.375 e. The quantitative estimate of drug-likeness (QED) is 0.827. The van der Waals surface area contributed by atoms with Crippen molar-refractivity contribution in [3.05, 3.63) is 35.9 Å². The van der Waals surface area contributed by atoms with Gasteiger partial charge < -0.3 is 10.4 Å². The van der Waals surface area contributed by atoms with Gasteiger partial charge in [0.2, 0.25) is 11.5 Å². The zero-order chi connectivity index (χ0) is 15.9. The number of alkyl halides is 5. The Bertz CT molecular complexity index is 536. The molecule has 1 aliphatic rings. The first kappa shape index (κ1) is 16.4. The molecule has 0 unspecified atom stereocenters. The highest BCUT2D eigenvalue weighted by Crippen LogP contribution is 2.53. The van der Waals surface area contributed by atoms with Crippen LogP contribution in [0.5, 0.6) is 0 Å². The van der Waals surface area contributed by atoms with Crippen LogP contribution in [0, 0.1) is 5.92 Å². The molecule has 8 heteroatoms. The van der Waals surface area contributed by atoms with Crippen LogP contribution < -0.4 is 5.32 Å². The molecule has 1 aromatic rings. The van der Waals surface area contributed by atoms with E-state index in [2.05, 4.69) is 5.32 Å². The molecule has 3 nitrogen and oxygen atoms in total. The van der Waals surface area contributed by atoms with E-state index in [-0.39, 0.29) is 12.0 Å². The number of benzene rings is 1. The molecular weight excluding hydrogens is 330 g/mol. The van der Waals surface area contributed by atoms with Gasteiger partial charge in [0, 0.05) is 0 Å². The highest BCUT2D eigenvalue weighted by atomic mass is 35.5. The van der Waals surface area contributed by atoms with Crippen molar-refractivity contribution in [2.75, 3.05) is 6.54 Å². The van der Waals surface area contributed by atoms with E-state index in [1.807, 2.05) is 0 Å². The second-order valence-corrected chi connectivity index (χ2v) is 6.50. The Hall–Kier alpha value is -0.980. The predicted molar refractivity (Wildman–Crippen MR) is 71.9 cm³/mol. The minimum absolute atomic E-state index is 0.178. The lowest BCUT2D eigenvalue weighted by Gasteiger charge is -2.31. The summed E-state index contributed by atoms with van der Waals surface area (Å²) in [7, 11) is 0. The largest absolute Gasteiger partial charge is 0.423 e. The molecule has 1 fully saturated rings. The normalized spacial score (nSPS) is 23.2. The Kier molecular flexibility index (Phi) is 4.17.